The molecule has 0 rings (SSSR count). The van der Waals surface area contributed by atoms with Gasteiger partial charge in [-0.15, -0.1) is 0 Å². The molecule has 4 N–H and O–H groups in total. The van der Waals surface area contributed by atoms with Crippen LogP contribution in [0.1, 0.15) is 122 Å². The number of hydrogen-bond acceptors (Lipinski definition) is 7. The van der Waals surface area contributed by atoms with Gasteiger partial charge in [-0.2, -0.15) is 0 Å². The van der Waals surface area contributed by atoms with E-state index in [1.165, 1.54) is 0 Å². The molecule has 0 aromatic heterocycles. The average Bonchev–Trinajstić information content (AvgIpc) is 2.53. The molecule has 0 heterocycles. The summed E-state index contributed by atoms with van der Waals surface area (Å²) in [6.45, 7) is 24.0. The van der Waals surface area contributed by atoms with Crippen molar-refractivity contribution in [3.8, 4) is 0 Å². The first-order valence-electron chi connectivity index (χ1n) is 12.0. The molecule has 33 heavy (non-hydrogen) atoms. The first-order chi connectivity index (χ1) is 14.4. The number of hydrogen-bond donors (Lipinski definition) is 4. The fourth-order valence-corrected chi connectivity index (χ4v) is 4.14. The van der Waals surface area contributed by atoms with Crippen molar-refractivity contribution in [2.45, 2.75) is 138 Å². The predicted molar refractivity (Wildman–Crippen MR) is 136 cm³/mol. The van der Waals surface area contributed by atoms with E-state index in [1.807, 2.05) is 62.3 Å². The van der Waals surface area contributed by atoms with Crippen molar-refractivity contribution in [2.75, 3.05) is 19.8 Å². The van der Waals surface area contributed by atoms with E-state index >= 15 is 0 Å². The van der Waals surface area contributed by atoms with Crippen molar-refractivity contribution in [3.05, 3.63) is 0 Å². The van der Waals surface area contributed by atoms with E-state index in [2.05, 4.69) is 20.8 Å². The van der Waals surface area contributed by atoms with Gasteiger partial charge in [0.1, 0.15) is 0 Å². The van der Waals surface area contributed by atoms with Gasteiger partial charge < -0.3 is 33.4 Å². The van der Waals surface area contributed by atoms with Crippen LogP contribution in [0.25, 0.3) is 0 Å². The van der Waals surface area contributed by atoms with Crippen LogP contribution in [0.3, 0.4) is 0 Å². The van der Waals surface area contributed by atoms with Crippen LogP contribution >= 0.6 is 0 Å². The minimum Gasteiger partial charge on any atom is -0.396 e. The molecule has 0 saturated carbocycles. The minimum atomic E-state index is -3.66. The molecule has 7 nitrogen and oxygen atoms in total. The van der Waals surface area contributed by atoms with Gasteiger partial charge in [-0.1, -0.05) is 40.0 Å². The van der Waals surface area contributed by atoms with Crippen LogP contribution in [0.2, 0.25) is 0 Å². The minimum absolute atomic E-state index is 0. The number of aliphatic hydroxyl groups is 3. The Hall–Kier alpha value is 0.651. The summed E-state index contributed by atoms with van der Waals surface area (Å²) in [4.78, 5) is 10.5. The van der Waals surface area contributed by atoms with Crippen molar-refractivity contribution in [2.24, 2.45) is 0 Å². The molecule has 204 valence electrons. The molecule has 9 heteroatoms. The van der Waals surface area contributed by atoms with Crippen LogP contribution in [0.15, 0.2) is 0 Å². The molecule has 0 aliphatic rings. The first-order valence-corrected chi connectivity index (χ1v) is 13.7. The van der Waals surface area contributed by atoms with Crippen LogP contribution in [0.4, 0.5) is 0 Å². The van der Waals surface area contributed by atoms with Crippen LogP contribution in [-0.2, 0) is 35.0 Å². The zero-order valence-electron chi connectivity index (χ0n) is 23.9. The molecule has 0 fully saturated rings. The third kappa shape index (κ3) is 50.5. The maximum atomic E-state index is 10.5. The van der Waals surface area contributed by atoms with Crippen LogP contribution in [0, 0.1) is 0 Å². The third-order valence-electron chi connectivity index (χ3n) is 2.84. The summed E-state index contributed by atoms with van der Waals surface area (Å²) in [6.07, 6.45) is 6.11. The maximum absolute atomic E-state index is 10.5. The second-order valence-electron chi connectivity index (χ2n) is 10.4. The molecule has 0 atom stereocenters. The normalized spacial score (nSPS) is 11.6. The quantitative estimate of drug-likeness (QED) is 0.301. The third-order valence-corrected chi connectivity index (χ3v) is 5.45. The Kier molecular flexibility index (Phi) is 32.2. The van der Waals surface area contributed by atoms with Gasteiger partial charge in [-0.25, -0.2) is 0 Å². The molecular formula is C24H58O7SiTi. The smallest absolute Gasteiger partial charge is 0.396 e. The first kappa shape index (κ1) is 43.7. The van der Waals surface area contributed by atoms with Gasteiger partial charge in [0.15, 0.2) is 0 Å². The Bertz CT molecular complexity index is 317. The number of aliphatic hydroxyl groups excluding tert-OH is 3. The SMILES string of the molecule is CC(C)(C)O[Si](O)(OC(C)(C)C)OC(C)(C)C.CCCCO.CCCCO.CCCCO.[Ti]. The molecule has 0 saturated heterocycles. The number of unbranched alkanes of at least 4 members (excludes halogenated alkanes) is 3. The van der Waals surface area contributed by atoms with Gasteiger partial charge in [0.2, 0.25) is 0 Å². The van der Waals surface area contributed by atoms with E-state index in [-0.39, 0.29) is 21.7 Å². The monoisotopic (exact) mass is 534 g/mol. The second kappa shape index (κ2) is 24.4. The molecule has 0 aromatic carbocycles. The van der Waals surface area contributed by atoms with Crippen molar-refractivity contribution < 1.29 is 55.1 Å². The number of rotatable bonds is 9. The molecule has 0 aliphatic heterocycles. The van der Waals surface area contributed by atoms with Gasteiger partial charge in [-0.3, -0.25) is 0 Å². The Labute approximate surface area is 222 Å². The van der Waals surface area contributed by atoms with E-state index in [1.54, 1.807) is 0 Å². The fraction of sp³-hybridized carbons (Fsp3) is 1.00. The molecular weight excluding hydrogens is 476 g/mol. The van der Waals surface area contributed by atoms with E-state index < -0.39 is 25.9 Å². The standard InChI is InChI=1S/C12H28O4Si.3C4H10O.Ti/c1-10(2,3)14-17(13,15-11(4,5)6)16-12(7,8)9;3*1-2-3-4-5;/h13H,1-9H3;3*5H,2-4H2,1H3;. The summed E-state index contributed by atoms with van der Waals surface area (Å²) in [5.74, 6) is 0. The molecule has 0 unspecified atom stereocenters. The molecule has 0 amide bonds. The topological polar surface area (TPSA) is 109 Å². The summed E-state index contributed by atoms with van der Waals surface area (Å²) in [5, 5.41) is 24.2. The fourth-order valence-electron chi connectivity index (χ4n) is 1.70. The van der Waals surface area contributed by atoms with Crippen molar-refractivity contribution in [3.63, 3.8) is 0 Å². The van der Waals surface area contributed by atoms with Gasteiger partial charge in [0, 0.05) is 41.5 Å². The Morgan fingerprint density at radius 2 is 0.697 bits per heavy atom. The summed E-state index contributed by atoms with van der Waals surface area (Å²) < 4.78 is 16.9. The zero-order valence-corrected chi connectivity index (χ0v) is 26.4. The molecule has 0 aromatic rings. The van der Waals surface area contributed by atoms with Crippen molar-refractivity contribution >= 4 is 9.05 Å². The summed E-state index contributed by atoms with van der Waals surface area (Å²) in [5.41, 5.74) is -1.55. The Morgan fingerprint density at radius 1 is 0.515 bits per heavy atom. The van der Waals surface area contributed by atoms with E-state index in [0.29, 0.717) is 19.8 Å². The average molecular weight is 535 g/mol. The molecule has 0 bridgehead atoms. The molecule has 0 radical (unpaired) electrons. The van der Waals surface area contributed by atoms with Crippen LogP contribution < -0.4 is 0 Å². The summed E-state index contributed by atoms with van der Waals surface area (Å²) in [7, 11) is -3.66. The van der Waals surface area contributed by atoms with Gasteiger partial charge in [0.05, 0.1) is 16.8 Å². The largest absolute Gasteiger partial charge is 0.678 e. The summed E-state index contributed by atoms with van der Waals surface area (Å²) in [6, 6.07) is 0. The van der Waals surface area contributed by atoms with Crippen LogP contribution in [-0.4, -0.2) is 65.8 Å². The second-order valence-corrected chi connectivity index (χ2v) is 12.1. The Morgan fingerprint density at radius 3 is 0.758 bits per heavy atom. The maximum Gasteiger partial charge on any atom is 0.678 e. The summed E-state index contributed by atoms with van der Waals surface area (Å²) >= 11 is 0. The zero-order chi connectivity index (χ0) is 26.5. The van der Waals surface area contributed by atoms with Gasteiger partial charge >= 0.3 is 9.05 Å². The van der Waals surface area contributed by atoms with E-state index in [4.69, 9.17) is 28.6 Å². The van der Waals surface area contributed by atoms with E-state index in [0.717, 1.165) is 38.5 Å². The van der Waals surface area contributed by atoms with Crippen molar-refractivity contribution in [1.82, 2.24) is 0 Å². The van der Waals surface area contributed by atoms with Crippen molar-refractivity contribution in [1.29, 1.82) is 0 Å². The van der Waals surface area contributed by atoms with Gasteiger partial charge in [-0.05, 0) is 81.6 Å². The Balaban J connectivity index is -0.000000133. The molecule has 0 aliphatic carbocycles. The molecule has 0 spiro atoms. The van der Waals surface area contributed by atoms with Crippen LogP contribution in [0.5, 0.6) is 0 Å². The predicted octanol–water partition coefficient (Wildman–Crippen LogP) is 5.19. The van der Waals surface area contributed by atoms with Gasteiger partial charge in [0.25, 0.3) is 0 Å². The van der Waals surface area contributed by atoms with E-state index in [9.17, 15) is 4.80 Å².